The van der Waals surface area contributed by atoms with Crippen LogP contribution in [-0.2, 0) is 14.8 Å². The highest BCUT2D eigenvalue weighted by molar-refractivity contribution is 7.89. The molecule has 1 aromatic heterocycles. The summed E-state index contributed by atoms with van der Waals surface area (Å²) in [6, 6.07) is 4.96. The zero-order valence-corrected chi connectivity index (χ0v) is 15.3. The SMILES string of the molecule is CCCCC(=O)Nc1nc2ccc(S(=O)(=O)N3CCCC3)cc2s1. The number of nitrogens with one attached hydrogen (secondary N) is 1. The zero-order chi connectivity index (χ0) is 17.2. The lowest BCUT2D eigenvalue weighted by Crippen LogP contribution is -2.27. The highest BCUT2D eigenvalue weighted by Gasteiger charge is 2.27. The second-order valence-corrected chi connectivity index (χ2v) is 8.88. The summed E-state index contributed by atoms with van der Waals surface area (Å²) in [6.07, 6.45) is 4.10. The molecule has 1 saturated heterocycles. The molecule has 6 nitrogen and oxygen atoms in total. The van der Waals surface area contributed by atoms with Crippen molar-refractivity contribution in [1.82, 2.24) is 9.29 Å². The third kappa shape index (κ3) is 3.60. The van der Waals surface area contributed by atoms with Crippen LogP contribution in [0.1, 0.15) is 39.0 Å². The molecule has 8 heteroatoms. The Morgan fingerprint density at radius 3 is 2.79 bits per heavy atom. The van der Waals surface area contributed by atoms with Crippen molar-refractivity contribution in [3.05, 3.63) is 18.2 Å². The first-order valence-corrected chi connectivity index (χ1v) is 10.5. The van der Waals surface area contributed by atoms with Gasteiger partial charge in [-0.25, -0.2) is 13.4 Å². The fourth-order valence-electron chi connectivity index (χ4n) is 2.72. The third-order valence-corrected chi connectivity index (χ3v) is 6.89. The Labute approximate surface area is 145 Å². The summed E-state index contributed by atoms with van der Waals surface area (Å²) in [4.78, 5) is 16.5. The quantitative estimate of drug-likeness (QED) is 0.850. The van der Waals surface area contributed by atoms with Gasteiger partial charge in [-0.3, -0.25) is 4.79 Å². The number of fused-ring (bicyclic) bond motifs is 1. The standard InChI is InChI=1S/C16H21N3O3S2/c1-2-3-6-15(20)18-16-17-13-8-7-12(11-14(13)23-16)24(21,22)19-9-4-5-10-19/h7-8,11H,2-6,9-10H2,1H3,(H,17,18,20). The van der Waals surface area contributed by atoms with Crippen LogP contribution in [0.2, 0.25) is 0 Å². The third-order valence-electron chi connectivity index (χ3n) is 4.07. The summed E-state index contributed by atoms with van der Waals surface area (Å²) in [7, 11) is -3.43. The molecule has 0 atom stereocenters. The Morgan fingerprint density at radius 2 is 2.08 bits per heavy atom. The van der Waals surface area contributed by atoms with Crippen molar-refractivity contribution >= 4 is 42.6 Å². The smallest absolute Gasteiger partial charge is 0.243 e. The molecule has 1 aliphatic rings. The van der Waals surface area contributed by atoms with Gasteiger partial charge in [0, 0.05) is 19.5 Å². The summed E-state index contributed by atoms with van der Waals surface area (Å²) in [5.74, 6) is -0.0548. The van der Waals surface area contributed by atoms with Gasteiger partial charge in [0.05, 0.1) is 15.1 Å². The van der Waals surface area contributed by atoms with Crippen molar-refractivity contribution in [3.8, 4) is 0 Å². The van der Waals surface area contributed by atoms with Gasteiger partial charge in [0.25, 0.3) is 0 Å². The number of hydrogen-bond acceptors (Lipinski definition) is 5. The lowest BCUT2D eigenvalue weighted by Gasteiger charge is -2.15. The number of aromatic nitrogens is 1. The van der Waals surface area contributed by atoms with Gasteiger partial charge in [-0.1, -0.05) is 24.7 Å². The first-order valence-electron chi connectivity index (χ1n) is 8.21. The minimum atomic E-state index is -3.43. The molecule has 0 unspecified atom stereocenters. The van der Waals surface area contributed by atoms with Crippen LogP contribution in [0, 0.1) is 0 Å². The van der Waals surface area contributed by atoms with Gasteiger partial charge in [-0.15, -0.1) is 0 Å². The number of benzene rings is 1. The van der Waals surface area contributed by atoms with Gasteiger partial charge in [-0.2, -0.15) is 4.31 Å². The van der Waals surface area contributed by atoms with Crippen LogP contribution >= 0.6 is 11.3 Å². The summed E-state index contributed by atoms with van der Waals surface area (Å²) in [6.45, 7) is 3.21. The highest BCUT2D eigenvalue weighted by atomic mass is 32.2. The predicted molar refractivity (Wildman–Crippen MR) is 95.8 cm³/mol. The van der Waals surface area contributed by atoms with Crippen LogP contribution in [-0.4, -0.2) is 36.7 Å². The average Bonchev–Trinajstić information content (AvgIpc) is 3.21. The van der Waals surface area contributed by atoms with Crippen LogP contribution in [0.4, 0.5) is 5.13 Å². The number of rotatable bonds is 6. The van der Waals surface area contributed by atoms with Crippen molar-refractivity contribution < 1.29 is 13.2 Å². The van der Waals surface area contributed by atoms with Crippen molar-refractivity contribution in [1.29, 1.82) is 0 Å². The average molecular weight is 367 g/mol. The summed E-state index contributed by atoms with van der Waals surface area (Å²) >= 11 is 1.31. The Kier molecular flexibility index (Phi) is 5.17. The monoisotopic (exact) mass is 367 g/mol. The number of amides is 1. The highest BCUT2D eigenvalue weighted by Crippen LogP contribution is 2.30. The van der Waals surface area contributed by atoms with Crippen molar-refractivity contribution in [3.63, 3.8) is 0 Å². The molecule has 1 aliphatic heterocycles. The maximum atomic E-state index is 12.6. The van der Waals surface area contributed by atoms with Gasteiger partial charge in [-0.05, 0) is 37.5 Å². The summed E-state index contributed by atoms with van der Waals surface area (Å²) < 4.78 is 27.5. The van der Waals surface area contributed by atoms with E-state index in [0.717, 1.165) is 30.4 Å². The van der Waals surface area contributed by atoms with E-state index in [2.05, 4.69) is 10.3 Å². The van der Waals surface area contributed by atoms with E-state index in [-0.39, 0.29) is 5.91 Å². The van der Waals surface area contributed by atoms with Gasteiger partial charge in [0.2, 0.25) is 15.9 Å². The van der Waals surface area contributed by atoms with E-state index in [0.29, 0.717) is 35.1 Å². The van der Waals surface area contributed by atoms with Crippen LogP contribution in [0.15, 0.2) is 23.1 Å². The molecule has 1 N–H and O–H groups in total. The van der Waals surface area contributed by atoms with Crippen molar-refractivity contribution in [2.75, 3.05) is 18.4 Å². The molecule has 3 rings (SSSR count). The fourth-order valence-corrected chi connectivity index (χ4v) is 5.26. The minimum Gasteiger partial charge on any atom is -0.302 e. The Hall–Kier alpha value is -1.51. The topological polar surface area (TPSA) is 79.4 Å². The number of carbonyl (C=O) groups is 1. The first kappa shape index (κ1) is 17.3. The number of thiazole rings is 1. The van der Waals surface area contributed by atoms with Gasteiger partial charge in [0.1, 0.15) is 0 Å². The van der Waals surface area contributed by atoms with Crippen LogP contribution < -0.4 is 5.32 Å². The van der Waals surface area contributed by atoms with E-state index >= 15 is 0 Å². The molecule has 0 aliphatic carbocycles. The lowest BCUT2D eigenvalue weighted by molar-refractivity contribution is -0.116. The molecular formula is C16H21N3O3S2. The first-order chi connectivity index (χ1) is 11.5. The molecule has 0 saturated carbocycles. The second kappa shape index (κ2) is 7.16. The normalized spacial score (nSPS) is 15.9. The summed E-state index contributed by atoms with van der Waals surface area (Å²) in [5, 5.41) is 3.30. The fraction of sp³-hybridized carbons (Fsp3) is 0.500. The molecule has 24 heavy (non-hydrogen) atoms. The largest absolute Gasteiger partial charge is 0.302 e. The molecule has 2 heterocycles. The predicted octanol–water partition coefficient (Wildman–Crippen LogP) is 3.21. The second-order valence-electron chi connectivity index (χ2n) is 5.91. The Bertz CT molecular complexity index is 839. The van der Waals surface area contributed by atoms with E-state index in [4.69, 9.17) is 0 Å². The number of carbonyl (C=O) groups excluding carboxylic acids is 1. The van der Waals surface area contributed by atoms with Gasteiger partial charge < -0.3 is 5.32 Å². The summed E-state index contributed by atoms with van der Waals surface area (Å²) in [5.41, 5.74) is 0.700. The Morgan fingerprint density at radius 1 is 1.33 bits per heavy atom. The molecule has 0 radical (unpaired) electrons. The molecule has 2 aromatic rings. The maximum Gasteiger partial charge on any atom is 0.243 e. The molecule has 0 spiro atoms. The van der Waals surface area contributed by atoms with Crippen molar-refractivity contribution in [2.24, 2.45) is 0 Å². The van der Waals surface area contributed by atoms with E-state index in [1.165, 1.54) is 15.6 Å². The molecule has 1 amide bonds. The molecule has 0 bridgehead atoms. The van der Waals surface area contributed by atoms with E-state index in [9.17, 15) is 13.2 Å². The van der Waals surface area contributed by atoms with Gasteiger partial charge >= 0.3 is 0 Å². The van der Waals surface area contributed by atoms with Gasteiger partial charge in [0.15, 0.2) is 5.13 Å². The number of unbranched alkanes of at least 4 members (excludes halogenated alkanes) is 1. The van der Waals surface area contributed by atoms with E-state index < -0.39 is 10.0 Å². The number of anilines is 1. The molecule has 1 fully saturated rings. The zero-order valence-electron chi connectivity index (χ0n) is 13.6. The lowest BCUT2D eigenvalue weighted by atomic mass is 10.2. The van der Waals surface area contributed by atoms with Crippen LogP contribution in [0.25, 0.3) is 10.2 Å². The molecule has 130 valence electrons. The van der Waals surface area contributed by atoms with Crippen LogP contribution in [0.5, 0.6) is 0 Å². The minimum absolute atomic E-state index is 0.0548. The van der Waals surface area contributed by atoms with Crippen LogP contribution in [0.3, 0.4) is 0 Å². The Balaban J connectivity index is 1.82. The molecular weight excluding hydrogens is 346 g/mol. The molecule has 1 aromatic carbocycles. The number of nitrogens with zero attached hydrogens (tertiary/aromatic N) is 2. The number of hydrogen-bond donors (Lipinski definition) is 1. The van der Waals surface area contributed by atoms with E-state index in [1.54, 1.807) is 18.2 Å². The van der Waals surface area contributed by atoms with Crippen molar-refractivity contribution in [2.45, 2.75) is 43.9 Å². The van der Waals surface area contributed by atoms with E-state index in [1.807, 2.05) is 6.92 Å². The maximum absolute atomic E-state index is 12.6. The number of sulfonamides is 1.